The Kier molecular flexibility index (Phi) is 3.75. The molecule has 4 rings (SSSR count). The molecular formula is C16H17N5O4. The maximum atomic E-state index is 10.9. The zero-order chi connectivity index (χ0) is 17.4. The van der Waals surface area contributed by atoms with Crippen LogP contribution in [0.25, 0.3) is 0 Å². The van der Waals surface area contributed by atoms with Crippen molar-refractivity contribution in [1.29, 1.82) is 0 Å². The summed E-state index contributed by atoms with van der Waals surface area (Å²) in [5, 5.41) is 10.9. The second kappa shape index (κ2) is 6.08. The summed E-state index contributed by atoms with van der Waals surface area (Å²) in [6.07, 6.45) is 3.07. The zero-order valence-electron chi connectivity index (χ0n) is 13.4. The van der Waals surface area contributed by atoms with Gasteiger partial charge in [-0.25, -0.2) is 4.98 Å². The molecule has 1 aromatic carbocycles. The van der Waals surface area contributed by atoms with Crippen LogP contribution in [0, 0.1) is 10.1 Å². The van der Waals surface area contributed by atoms with Gasteiger partial charge >= 0.3 is 5.69 Å². The predicted octanol–water partition coefficient (Wildman–Crippen LogP) is 2.08. The molecular weight excluding hydrogens is 326 g/mol. The third-order valence-electron chi connectivity index (χ3n) is 4.44. The van der Waals surface area contributed by atoms with Crippen molar-refractivity contribution in [3.8, 4) is 11.5 Å². The Morgan fingerprint density at radius 2 is 2.08 bits per heavy atom. The molecule has 0 bridgehead atoms. The van der Waals surface area contributed by atoms with Gasteiger partial charge in [0.25, 0.3) is 0 Å². The molecule has 9 nitrogen and oxygen atoms in total. The summed E-state index contributed by atoms with van der Waals surface area (Å²) in [7, 11) is 0. The van der Waals surface area contributed by atoms with E-state index in [4.69, 9.17) is 15.2 Å². The van der Waals surface area contributed by atoms with E-state index in [1.54, 1.807) is 0 Å². The van der Waals surface area contributed by atoms with Gasteiger partial charge in [-0.3, -0.25) is 10.1 Å². The van der Waals surface area contributed by atoms with Gasteiger partial charge in [-0.15, -0.1) is 0 Å². The minimum atomic E-state index is -0.582. The Hall–Kier alpha value is -3.10. The molecule has 130 valence electrons. The molecule has 0 radical (unpaired) electrons. The maximum Gasteiger partial charge on any atom is 0.329 e. The van der Waals surface area contributed by atoms with Crippen LogP contribution in [0.2, 0.25) is 0 Å². The van der Waals surface area contributed by atoms with E-state index in [2.05, 4.69) is 9.97 Å². The van der Waals surface area contributed by atoms with Gasteiger partial charge in [0.15, 0.2) is 11.5 Å². The van der Waals surface area contributed by atoms with E-state index in [-0.39, 0.29) is 17.5 Å². The number of aromatic nitrogens is 2. The topological polar surface area (TPSA) is 117 Å². The highest BCUT2D eigenvalue weighted by atomic mass is 16.6. The SMILES string of the molecule is Nc1nc(N2CCCC2c2ccc3c(c2)OCCO3)ncc1[N+](=O)[O-]. The number of nitro groups is 1. The second-order valence-corrected chi connectivity index (χ2v) is 5.95. The van der Waals surface area contributed by atoms with E-state index in [9.17, 15) is 10.1 Å². The first-order valence-electron chi connectivity index (χ1n) is 8.06. The minimum Gasteiger partial charge on any atom is -0.486 e. The molecule has 0 amide bonds. The highest BCUT2D eigenvalue weighted by molar-refractivity contribution is 5.55. The molecule has 25 heavy (non-hydrogen) atoms. The van der Waals surface area contributed by atoms with E-state index < -0.39 is 4.92 Å². The summed E-state index contributed by atoms with van der Waals surface area (Å²) >= 11 is 0. The number of rotatable bonds is 3. The number of hydrogen-bond donors (Lipinski definition) is 1. The van der Waals surface area contributed by atoms with Crippen LogP contribution in [0.15, 0.2) is 24.4 Å². The molecule has 1 aromatic heterocycles. The van der Waals surface area contributed by atoms with Crippen LogP contribution in [-0.4, -0.2) is 34.6 Å². The lowest BCUT2D eigenvalue weighted by Gasteiger charge is -2.26. The van der Waals surface area contributed by atoms with E-state index in [1.165, 1.54) is 0 Å². The van der Waals surface area contributed by atoms with Crippen molar-refractivity contribution in [2.45, 2.75) is 18.9 Å². The highest BCUT2D eigenvalue weighted by Gasteiger charge is 2.30. The lowest BCUT2D eigenvalue weighted by atomic mass is 10.0. The van der Waals surface area contributed by atoms with Crippen molar-refractivity contribution in [2.75, 3.05) is 30.4 Å². The lowest BCUT2D eigenvalue weighted by molar-refractivity contribution is -0.384. The van der Waals surface area contributed by atoms with Crippen molar-refractivity contribution in [3.63, 3.8) is 0 Å². The first-order chi connectivity index (χ1) is 12.1. The largest absolute Gasteiger partial charge is 0.486 e. The Bertz CT molecular complexity index is 828. The van der Waals surface area contributed by atoms with E-state index in [1.807, 2.05) is 23.1 Å². The van der Waals surface area contributed by atoms with E-state index in [0.29, 0.717) is 19.2 Å². The van der Waals surface area contributed by atoms with Crippen LogP contribution in [0.5, 0.6) is 11.5 Å². The number of fused-ring (bicyclic) bond motifs is 1. The van der Waals surface area contributed by atoms with Gasteiger partial charge in [0.05, 0.1) is 11.0 Å². The molecule has 2 N–H and O–H groups in total. The molecule has 2 aliphatic rings. The summed E-state index contributed by atoms with van der Waals surface area (Å²) in [5.74, 6) is 1.76. The van der Waals surface area contributed by atoms with Crippen LogP contribution in [0.3, 0.4) is 0 Å². The minimum absolute atomic E-state index is 0.0664. The fourth-order valence-corrected chi connectivity index (χ4v) is 3.28. The van der Waals surface area contributed by atoms with Crippen LogP contribution in [-0.2, 0) is 0 Å². The molecule has 9 heteroatoms. The van der Waals surface area contributed by atoms with Crippen LogP contribution >= 0.6 is 0 Å². The number of nitrogens with two attached hydrogens (primary N) is 1. The molecule has 3 heterocycles. The molecule has 1 fully saturated rings. The monoisotopic (exact) mass is 343 g/mol. The standard InChI is InChI=1S/C16H17N5O4/c17-15-12(21(22)23)9-18-16(19-15)20-5-1-2-11(20)10-3-4-13-14(8-10)25-7-6-24-13/h3-4,8-9,11H,1-2,5-7H2,(H2,17,18,19). The Balaban J connectivity index is 1.64. The fourth-order valence-electron chi connectivity index (χ4n) is 3.28. The van der Waals surface area contributed by atoms with Gasteiger partial charge < -0.3 is 20.1 Å². The fraction of sp³-hybridized carbons (Fsp3) is 0.375. The highest BCUT2D eigenvalue weighted by Crippen LogP contribution is 2.39. The summed E-state index contributed by atoms with van der Waals surface area (Å²) in [6.45, 7) is 1.85. The van der Waals surface area contributed by atoms with Gasteiger partial charge in [0.1, 0.15) is 19.4 Å². The number of anilines is 2. The normalized spacial score (nSPS) is 19.0. The van der Waals surface area contributed by atoms with Crippen molar-refractivity contribution >= 4 is 17.5 Å². The van der Waals surface area contributed by atoms with Crippen LogP contribution in [0.1, 0.15) is 24.4 Å². The van der Waals surface area contributed by atoms with Crippen LogP contribution in [0.4, 0.5) is 17.5 Å². The number of nitrogens with zero attached hydrogens (tertiary/aromatic N) is 4. The van der Waals surface area contributed by atoms with Gasteiger partial charge in [-0.05, 0) is 30.5 Å². The molecule has 2 aliphatic heterocycles. The molecule has 1 saturated heterocycles. The summed E-state index contributed by atoms with van der Waals surface area (Å²) in [4.78, 5) is 20.6. The van der Waals surface area contributed by atoms with Gasteiger partial charge in [-0.2, -0.15) is 4.98 Å². The quantitative estimate of drug-likeness (QED) is 0.665. The number of benzene rings is 1. The first-order valence-corrected chi connectivity index (χ1v) is 8.06. The molecule has 0 aliphatic carbocycles. The summed E-state index contributed by atoms with van der Waals surface area (Å²) in [5.41, 5.74) is 6.50. The Labute approximate surface area is 143 Å². The van der Waals surface area contributed by atoms with Crippen molar-refractivity contribution in [2.24, 2.45) is 0 Å². The van der Waals surface area contributed by atoms with Gasteiger partial charge in [-0.1, -0.05) is 6.07 Å². The van der Waals surface area contributed by atoms with Crippen molar-refractivity contribution < 1.29 is 14.4 Å². The van der Waals surface area contributed by atoms with E-state index in [0.717, 1.165) is 42.6 Å². The predicted molar refractivity (Wildman–Crippen MR) is 89.9 cm³/mol. The van der Waals surface area contributed by atoms with Crippen LogP contribution < -0.4 is 20.1 Å². The average Bonchev–Trinajstić information content (AvgIpc) is 3.10. The number of ether oxygens (including phenoxy) is 2. The third-order valence-corrected chi connectivity index (χ3v) is 4.44. The van der Waals surface area contributed by atoms with Gasteiger partial charge in [0, 0.05) is 6.54 Å². The third kappa shape index (κ3) is 2.77. The average molecular weight is 343 g/mol. The number of nitrogen functional groups attached to an aromatic ring is 1. The van der Waals surface area contributed by atoms with Crippen molar-refractivity contribution in [1.82, 2.24) is 9.97 Å². The lowest BCUT2D eigenvalue weighted by Crippen LogP contribution is -2.25. The molecule has 0 saturated carbocycles. The Morgan fingerprint density at radius 1 is 1.28 bits per heavy atom. The number of hydrogen-bond acceptors (Lipinski definition) is 8. The summed E-state index contributed by atoms with van der Waals surface area (Å²) < 4.78 is 11.2. The molecule has 2 aromatic rings. The smallest absolute Gasteiger partial charge is 0.329 e. The first kappa shape index (κ1) is 15.4. The molecule has 1 atom stereocenters. The molecule has 0 spiro atoms. The van der Waals surface area contributed by atoms with Gasteiger partial charge in [0.2, 0.25) is 11.8 Å². The molecule has 1 unspecified atom stereocenters. The Morgan fingerprint density at radius 3 is 2.84 bits per heavy atom. The van der Waals surface area contributed by atoms with E-state index >= 15 is 0 Å². The second-order valence-electron chi connectivity index (χ2n) is 5.95. The maximum absolute atomic E-state index is 10.9. The zero-order valence-corrected chi connectivity index (χ0v) is 13.4. The van der Waals surface area contributed by atoms with Crippen molar-refractivity contribution in [3.05, 3.63) is 40.1 Å². The summed E-state index contributed by atoms with van der Waals surface area (Å²) in [6, 6.07) is 5.96.